The smallest absolute Gasteiger partial charge is 0.223 e. The van der Waals surface area contributed by atoms with Crippen molar-refractivity contribution < 1.29 is 4.79 Å². The van der Waals surface area contributed by atoms with Crippen molar-refractivity contribution in [3.05, 3.63) is 34.3 Å². The number of benzene rings is 1. The Balaban J connectivity index is 1.96. The zero-order valence-corrected chi connectivity index (χ0v) is 12.2. The molecule has 1 aliphatic heterocycles. The molecule has 0 spiro atoms. The molecule has 2 rings (SSSR count). The second-order valence-electron chi connectivity index (χ2n) is 4.78. The lowest BCUT2D eigenvalue weighted by Gasteiger charge is -2.24. The Morgan fingerprint density at radius 2 is 2.06 bits per heavy atom. The van der Waals surface area contributed by atoms with Crippen LogP contribution in [0.3, 0.4) is 0 Å². The number of piperidine rings is 1. The standard InChI is InChI=1S/C14H19BrN2O/c1-10(12-4-2-3-5-13(12)15)17-14(18)11-6-8-16-9-7-11/h2-5,10-11,16H,6-9H2,1H3,(H,17,18)/t10-/m1/s1. The van der Waals surface area contributed by atoms with Crippen LogP contribution >= 0.6 is 15.9 Å². The predicted molar refractivity (Wildman–Crippen MR) is 76.3 cm³/mol. The quantitative estimate of drug-likeness (QED) is 0.901. The van der Waals surface area contributed by atoms with E-state index in [-0.39, 0.29) is 17.9 Å². The van der Waals surface area contributed by atoms with Crippen molar-refractivity contribution in [1.82, 2.24) is 10.6 Å². The molecule has 98 valence electrons. The monoisotopic (exact) mass is 310 g/mol. The summed E-state index contributed by atoms with van der Waals surface area (Å²) < 4.78 is 1.04. The van der Waals surface area contributed by atoms with Crippen LogP contribution in [0, 0.1) is 5.92 Å². The number of carbonyl (C=O) groups excluding carboxylic acids is 1. The molecule has 1 saturated heterocycles. The molecule has 1 atom stereocenters. The lowest BCUT2D eigenvalue weighted by atomic mass is 9.96. The van der Waals surface area contributed by atoms with Gasteiger partial charge in [-0.3, -0.25) is 4.79 Å². The minimum absolute atomic E-state index is 0.0444. The van der Waals surface area contributed by atoms with E-state index in [4.69, 9.17) is 0 Å². The fourth-order valence-electron chi connectivity index (χ4n) is 2.32. The van der Waals surface area contributed by atoms with Gasteiger partial charge < -0.3 is 10.6 Å². The normalized spacial score (nSPS) is 18.3. The van der Waals surface area contributed by atoms with E-state index < -0.39 is 0 Å². The topological polar surface area (TPSA) is 41.1 Å². The van der Waals surface area contributed by atoms with Crippen LogP contribution < -0.4 is 10.6 Å². The molecule has 1 aromatic rings. The van der Waals surface area contributed by atoms with Crippen molar-refractivity contribution in [2.24, 2.45) is 5.92 Å². The number of halogens is 1. The van der Waals surface area contributed by atoms with Gasteiger partial charge in [-0.05, 0) is 44.5 Å². The highest BCUT2D eigenvalue weighted by atomic mass is 79.9. The molecule has 0 saturated carbocycles. The zero-order valence-electron chi connectivity index (χ0n) is 10.6. The summed E-state index contributed by atoms with van der Waals surface area (Å²) in [4.78, 5) is 12.1. The molecule has 1 aliphatic rings. The Hall–Kier alpha value is -0.870. The van der Waals surface area contributed by atoms with Crippen molar-refractivity contribution in [2.75, 3.05) is 13.1 Å². The van der Waals surface area contributed by atoms with Crippen LogP contribution in [0.5, 0.6) is 0 Å². The molecule has 0 unspecified atom stereocenters. The molecular weight excluding hydrogens is 292 g/mol. The molecular formula is C14H19BrN2O. The third kappa shape index (κ3) is 3.33. The van der Waals surface area contributed by atoms with Crippen molar-refractivity contribution in [2.45, 2.75) is 25.8 Å². The van der Waals surface area contributed by atoms with Gasteiger partial charge in [-0.15, -0.1) is 0 Å². The van der Waals surface area contributed by atoms with Gasteiger partial charge >= 0.3 is 0 Å². The molecule has 1 aromatic carbocycles. The van der Waals surface area contributed by atoms with Gasteiger partial charge in [0.1, 0.15) is 0 Å². The number of rotatable bonds is 3. The Labute approximate surface area is 116 Å². The van der Waals surface area contributed by atoms with Crippen LogP contribution in [-0.4, -0.2) is 19.0 Å². The van der Waals surface area contributed by atoms with Gasteiger partial charge in [0.05, 0.1) is 6.04 Å². The van der Waals surface area contributed by atoms with Crippen molar-refractivity contribution in [3.8, 4) is 0 Å². The lowest BCUT2D eigenvalue weighted by Crippen LogP contribution is -2.39. The van der Waals surface area contributed by atoms with Crippen LogP contribution in [0.25, 0.3) is 0 Å². The largest absolute Gasteiger partial charge is 0.349 e. The first-order valence-electron chi connectivity index (χ1n) is 6.44. The van der Waals surface area contributed by atoms with Crippen molar-refractivity contribution >= 4 is 21.8 Å². The minimum Gasteiger partial charge on any atom is -0.349 e. The molecule has 0 aromatic heterocycles. The third-order valence-corrected chi connectivity index (χ3v) is 4.16. The summed E-state index contributed by atoms with van der Waals surface area (Å²) in [7, 11) is 0. The number of amides is 1. The van der Waals surface area contributed by atoms with Gasteiger partial charge in [-0.2, -0.15) is 0 Å². The molecule has 1 amide bonds. The molecule has 2 N–H and O–H groups in total. The van der Waals surface area contributed by atoms with Gasteiger partial charge in [0.15, 0.2) is 0 Å². The summed E-state index contributed by atoms with van der Waals surface area (Å²) in [5.41, 5.74) is 1.12. The van der Waals surface area contributed by atoms with Crippen molar-refractivity contribution in [3.63, 3.8) is 0 Å². The molecule has 0 bridgehead atoms. The Morgan fingerprint density at radius 1 is 1.39 bits per heavy atom. The maximum Gasteiger partial charge on any atom is 0.223 e. The average Bonchev–Trinajstić information content (AvgIpc) is 2.40. The molecule has 3 nitrogen and oxygen atoms in total. The summed E-state index contributed by atoms with van der Waals surface area (Å²) in [6, 6.07) is 8.06. The van der Waals surface area contributed by atoms with E-state index in [0.717, 1.165) is 36.0 Å². The minimum atomic E-state index is 0.0444. The van der Waals surface area contributed by atoms with E-state index in [1.807, 2.05) is 31.2 Å². The van der Waals surface area contributed by atoms with Gasteiger partial charge in [-0.1, -0.05) is 34.1 Å². The number of hydrogen-bond donors (Lipinski definition) is 2. The third-order valence-electron chi connectivity index (χ3n) is 3.44. The van der Waals surface area contributed by atoms with Crippen LogP contribution in [0.15, 0.2) is 28.7 Å². The Bertz CT molecular complexity index is 416. The van der Waals surface area contributed by atoms with E-state index >= 15 is 0 Å². The summed E-state index contributed by atoms with van der Waals surface area (Å²) in [6.45, 7) is 3.92. The first-order valence-corrected chi connectivity index (χ1v) is 7.23. The SMILES string of the molecule is C[C@@H](NC(=O)C1CCNCC1)c1ccccc1Br. The van der Waals surface area contributed by atoms with Gasteiger partial charge in [0.2, 0.25) is 5.91 Å². The van der Waals surface area contributed by atoms with E-state index in [2.05, 4.69) is 26.6 Å². The Kier molecular flexibility index (Phi) is 4.78. The molecule has 0 radical (unpaired) electrons. The summed E-state index contributed by atoms with van der Waals surface area (Å²) in [5.74, 6) is 0.343. The number of carbonyl (C=O) groups is 1. The summed E-state index contributed by atoms with van der Waals surface area (Å²) >= 11 is 3.52. The molecule has 1 heterocycles. The second-order valence-corrected chi connectivity index (χ2v) is 5.63. The zero-order chi connectivity index (χ0) is 13.0. The summed E-state index contributed by atoms with van der Waals surface area (Å²) in [6.07, 6.45) is 1.88. The van der Waals surface area contributed by atoms with E-state index in [1.54, 1.807) is 0 Å². The fourth-order valence-corrected chi connectivity index (χ4v) is 2.95. The molecule has 4 heteroatoms. The Morgan fingerprint density at radius 3 is 2.72 bits per heavy atom. The molecule has 1 fully saturated rings. The maximum atomic E-state index is 12.1. The van der Waals surface area contributed by atoms with Crippen molar-refractivity contribution in [1.29, 1.82) is 0 Å². The van der Waals surface area contributed by atoms with Gasteiger partial charge in [0, 0.05) is 10.4 Å². The first-order chi connectivity index (χ1) is 8.68. The fraction of sp³-hybridized carbons (Fsp3) is 0.500. The lowest BCUT2D eigenvalue weighted by molar-refractivity contribution is -0.126. The highest BCUT2D eigenvalue weighted by Crippen LogP contribution is 2.23. The highest BCUT2D eigenvalue weighted by Gasteiger charge is 2.22. The average molecular weight is 311 g/mol. The summed E-state index contributed by atoms with van der Waals surface area (Å²) in [5, 5.41) is 6.39. The van der Waals surface area contributed by atoms with E-state index in [1.165, 1.54) is 0 Å². The van der Waals surface area contributed by atoms with Crippen LogP contribution in [-0.2, 0) is 4.79 Å². The number of nitrogens with one attached hydrogen (secondary N) is 2. The first kappa shape index (κ1) is 13.6. The van der Waals surface area contributed by atoms with E-state index in [0.29, 0.717) is 0 Å². The van der Waals surface area contributed by atoms with E-state index in [9.17, 15) is 4.79 Å². The highest BCUT2D eigenvalue weighted by molar-refractivity contribution is 9.10. The van der Waals surface area contributed by atoms with Gasteiger partial charge in [-0.25, -0.2) is 0 Å². The van der Waals surface area contributed by atoms with Crippen LogP contribution in [0.1, 0.15) is 31.4 Å². The second kappa shape index (κ2) is 6.34. The van der Waals surface area contributed by atoms with Gasteiger partial charge in [0.25, 0.3) is 0 Å². The maximum absolute atomic E-state index is 12.1. The number of hydrogen-bond acceptors (Lipinski definition) is 2. The van der Waals surface area contributed by atoms with Crippen LogP contribution in [0.2, 0.25) is 0 Å². The predicted octanol–water partition coefficient (Wildman–Crippen LogP) is 2.63. The molecule has 18 heavy (non-hydrogen) atoms. The molecule has 0 aliphatic carbocycles. The van der Waals surface area contributed by atoms with Crippen LogP contribution in [0.4, 0.5) is 0 Å².